The SMILES string of the molecule is COc1ccc(OC)c(COC(C)C)c1CBr. The number of ether oxygens (including phenoxy) is 3. The number of alkyl halides is 1. The van der Waals surface area contributed by atoms with Gasteiger partial charge in [0.15, 0.2) is 0 Å². The Hall–Kier alpha value is -0.740. The van der Waals surface area contributed by atoms with Crippen LogP contribution in [0, 0.1) is 0 Å². The van der Waals surface area contributed by atoms with E-state index in [0.29, 0.717) is 11.9 Å². The summed E-state index contributed by atoms with van der Waals surface area (Å²) >= 11 is 3.48. The van der Waals surface area contributed by atoms with Gasteiger partial charge < -0.3 is 14.2 Å². The summed E-state index contributed by atoms with van der Waals surface area (Å²) in [5, 5.41) is 0.712. The Morgan fingerprint density at radius 2 is 1.59 bits per heavy atom. The molecule has 0 unspecified atom stereocenters. The Morgan fingerprint density at radius 1 is 1.06 bits per heavy atom. The van der Waals surface area contributed by atoms with E-state index in [1.54, 1.807) is 14.2 Å². The van der Waals surface area contributed by atoms with Gasteiger partial charge in [0.1, 0.15) is 11.5 Å². The second kappa shape index (κ2) is 6.87. The van der Waals surface area contributed by atoms with Gasteiger partial charge in [-0.25, -0.2) is 0 Å². The molecule has 0 heterocycles. The summed E-state index contributed by atoms with van der Waals surface area (Å²) in [6.45, 7) is 4.56. The minimum absolute atomic E-state index is 0.189. The number of halogens is 1. The molecule has 0 saturated heterocycles. The molecule has 0 aromatic heterocycles. The van der Waals surface area contributed by atoms with Crippen molar-refractivity contribution in [1.82, 2.24) is 0 Å². The molecule has 0 amide bonds. The molecule has 0 aliphatic heterocycles. The smallest absolute Gasteiger partial charge is 0.124 e. The third kappa shape index (κ3) is 3.61. The van der Waals surface area contributed by atoms with Crippen LogP contribution in [0.3, 0.4) is 0 Å². The van der Waals surface area contributed by atoms with E-state index in [9.17, 15) is 0 Å². The molecule has 17 heavy (non-hydrogen) atoms. The van der Waals surface area contributed by atoms with Gasteiger partial charge in [-0.15, -0.1) is 0 Å². The molecule has 0 aliphatic rings. The molecule has 0 saturated carbocycles. The highest BCUT2D eigenvalue weighted by Gasteiger charge is 2.14. The highest BCUT2D eigenvalue weighted by molar-refractivity contribution is 9.08. The van der Waals surface area contributed by atoms with Crippen molar-refractivity contribution < 1.29 is 14.2 Å². The lowest BCUT2D eigenvalue weighted by molar-refractivity contribution is 0.0639. The molecule has 0 fully saturated rings. The highest BCUT2D eigenvalue weighted by Crippen LogP contribution is 2.32. The maximum absolute atomic E-state index is 5.66. The van der Waals surface area contributed by atoms with E-state index in [-0.39, 0.29) is 6.10 Å². The van der Waals surface area contributed by atoms with Gasteiger partial charge in [0, 0.05) is 16.5 Å². The van der Waals surface area contributed by atoms with Gasteiger partial charge >= 0.3 is 0 Å². The van der Waals surface area contributed by atoms with Crippen LogP contribution in [0.2, 0.25) is 0 Å². The van der Waals surface area contributed by atoms with Crippen LogP contribution in [0.5, 0.6) is 11.5 Å². The average molecular weight is 303 g/mol. The van der Waals surface area contributed by atoms with E-state index in [4.69, 9.17) is 14.2 Å². The predicted molar refractivity (Wildman–Crippen MR) is 72.1 cm³/mol. The first kappa shape index (κ1) is 14.3. The van der Waals surface area contributed by atoms with E-state index in [1.165, 1.54) is 0 Å². The van der Waals surface area contributed by atoms with Gasteiger partial charge in [0.2, 0.25) is 0 Å². The van der Waals surface area contributed by atoms with Crippen molar-refractivity contribution in [3.63, 3.8) is 0 Å². The molecule has 0 radical (unpaired) electrons. The van der Waals surface area contributed by atoms with Gasteiger partial charge in [0.25, 0.3) is 0 Å². The Bertz CT molecular complexity index is 364. The first-order valence-electron chi connectivity index (χ1n) is 5.54. The summed E-state index contributed by atoms with van der Waals surface area (Å²) in [4.78, 5) is 0. The van der Waals surface area contributed by atoms with E-state index >= 15 is 0 Å². The van der Waals surface area contributed by atoms with Crippen molar-refractivity contribution in [2.75, 3.05) is 14.2 Å². The summed E-state index contributed by atoms with van der Waals surface area (Å²) in [7, 11) is 3.33. The first-order valence-corrected chi connectivity index (χ1v) is 6.66. The van der Waals surface area contributed by atoms with Gasteiger partial charge in [-0.3, -0.25) is 0 Å². The molecule has 0 bridgehead atoms. The third-order valence-corrected chi connectivity index (χ3v) is 3.04. The van der Waals surface area contributed by atoms with Crippen LogP contribution in [-0.4, -0.2) is 20.3 Å². The molecule has 3 nitrogen and oxygen atoms in total. The normalized spacial score (nSPS) is 10.7. The minimum Gasteiger partial charge on any atom is -0.496 e. The lowest BCUT2D eigenvalue weighted by atomic mass is 10.1. The molecule has 0 aliphatic carbocycles. The van der Waals surface area contributed by atoms with Crippen LogP contribution in [0.15, 0.2) is 12.1 Å². The van der Waals surface area contributed by atoms with Crippen molar-refractivity contribution in [1.29, 1.82) is 0 Å². The summed E-state index contributed by atoms with van der Waals surface area (Å²) in [6.07, 6.45) is 0.189. The maximum Gasteiger partial charge on any atom is 0.124 e. The van der Waals surface area contributed by atoms with Crippen LogP contribution >= 0.6 is 15.9 Å². The third-order valence-electron chi connectivity index (χ3n) is 2.48. The van der Waals surface area contributed by atoms with Gasteiger partial charge in [0.05, 0.1) is 26.9 Å². The topological polar surface area (TPSA) is 27.7 Å². The number of hydrogen-bond donors (Lipinski definition) is 0. The van der Waals surface area contributed by atoms with E-state index in [1.807, 2.05) is 26.0 Å². The molecule has 0 N–H and O–H groups in total. The Balaban J connectivity index is 3.10. The number of rotatable bonds is 6. The van der Waals surface area contributed by atoms with Crippen LogP contribution in [-0.2, 0) is 16.7 Å². The molecule has 1 rings (SSSR count). The summed E-state index contributed by atoms with van der Waals surface area (Å²) < 4.78 is 16.4. The molecule has 4 heteroatoms. The monoisotopic (exact) mass is 302 g/mol. The first-order chi connectivity index (χ1) is 8.13. The molecule has 0 atom stereocenters. The molecule has 96 valence electrons. The second-order valence-electron chi connectivity index (χ2n) is 3.92. The summed E-state index contributed by atoms with van der Waals surface area (Å²) in [5.41, 5.74) is 2.12. The maximum atomic E-state index is 5.66. The zero-order chi connectivity index (χ0) is 12.8. The summed E-state index contributed by atoms with van der Waals surface area (Å²) in [5.74, 6) is 1.69. The lowest BCUT2D eigenvalue weighted by Gasteiger charge is -2.17. The fourth-order valence-electron chi connectivity index (χ4n) is 1.59. The molecule has 0 spiro atoms. The Kier molecular flexibility index (Phi) is 5.78. The van der Waals surface area contributed by atoms with Crippen molar-refractivity contribution in [2.24, 2.45) is 0 Å². The van der Waals surface area contributed by atoms with E-state index < -0.39 is 0 Å². The van der Waals surface area contributed by atoms with Crippen LogP contribution in [0.4, 0.5) is 0 Å². The van der Waals surface area contributed by atoms with E-state index in [0.717, 1.165) is 22.6 Å². The van der Waals surface area contributed by atoms with Crippen LogP contribution in [0.1, 0.15) is 25.0 Å². The minimum atomic E-state index is 0.189. The standard InChI is InChI=1S/C13H19BrO3/c1-9(2)17-8-11-10(7-14)12(15-3)5-6-13(11)16-4/h5-6,9H,7-8H2,1-4H3. The molecular formula is C13H19BrO3. The molecular weight excluding hydrogens is 284 g/mol. The lowest BCUT2D eigenvalue weighted by Crippen LogP contribution is -2.06. The predicted octanol–water partition coefficient (Wildman–Crippen LogP) is 3.52. The van der Waals surface area contributed by atoms with Crippen molar-refractivity contribution in [3.8, 4) is 11.5 Å². The van der Waals surface area contributed by atoms with Crippen LogP contribution < -0.4 is 9.47 Å². The van der Waals surface area contributed by atoms with E-state index in [2.05, 4.69) is 15.9 Å². The highest BCUT2D eigenvalue weighted by atomic mass is 79.9. The van der Waals surface area contributed by atoms with Crippen molar-refractivity contribution >= 4 is 15.9 Å². The fraction of sp³-hybridized carbons (Fsp3) is 0.538. The number of hydrogen-bond acceptors (Lipinski definition) is 3. The fourth-order valence-corrected chi connectivity index (χ4v) is 2.20. The Morgan fingerprint density at radius 3 is 2.00 bits per heavy atom. The Labute approximate surface area is 111 Å². The zero-order valence-corrected chi connectivity index (χ0v) is 12.3. The molecule has 1 aromatic rings. The van der Waals surface area contributed by atoms with Gasteiger partial charge in [-0.05, 0) is 26.0 Å². The number of benzene rings is 1. The van der Waals surface area contributed by atoms with Crippen molar-refractivity contribution in [3.05, 3.63) is 23.3 Å². The van der Waals surface area contributed by atoms with Crippen molar-refractivity contribution in [2.45, 2.75) is 31.9 Å². The van der Waals surface area contributed by atoms with Gasteiger partial charge in [-0.1, -0.05) is 15.9 Å². The van der Waals surface area contributed by atoms with Gasteiger partial charge in [-0.2, -0.15) is 0 Å². The average Bonchev–Trinajstić information content (AvgIpc) is 2.34. The number of methoxy groups -OCH3 is 2. The largest absolute Gasteiger partial charge is 0.496 e. The second-order valence-corrected chi connectivity index (χ2v) is 4.48. The molecule has 1 aromatic carbocycles. The quantitative estimate of drug-likeness (QED) is 0.753. The summed E-state index contributed by atoms with van der Waals surface area (Å²) in [6, 6.07) is 3.82. The zero-order valence-electron chi connectivity index (χ0n) is 10.7. The van der Waals surface area contributed by atoms with Crippen LogP contribution in [0.25, 0.3) is 0 Å².